The number of ether oxygens (including phenoxy) is 1. The van der Waals surface area contributed by atoms with Crippen LogP contribution in [-0.4, -0.2) is 40.1 Å². The molecule has 0 bridgehead atoms. The number of nitrogens with zero attached hydrogens (tertiary/aromatic N) is 3. The molecule has 2 aromatic carbocycles. The Balaban J connectivity index is 1.23. The summed E-state index contributed by atoms with van der Waals surface area (Å²) >= 11 is 3.43. The SMILES string of the molecule is CC(C)Oc1cccc(CNC(=O)C2CCN(Cc3nc(-c4ccc(Br)cc4)no3)CC2)c1. The Morgan fingerprint density at radius 2 is 1.97 bits per heavy atom. The van der Waals surface area contributed by atoms with E-state index in [-0.39, 0.29) is 17.9 Å². The Morgan fingerprint density at radius 3 is 2.70 bits per heavy atom. The summed E-state index contributed by atoms with van der Waals surface area (Å²) < 4.78 is 12.2. The number of aromatic nitrogens is 2. The van der Waals surface area contributed by atoms with E-state index in [0.29, 0.717) is 24.8 Å². The Kier molecular flexibility index (Phi) is 7.77. The van der Waals surface area contributed by atoms with Gasteiger partial charge in [-0.1, -0.05) is 33.2 Å². The number of hydrogen-bond acceptors (Lipinski definition) is 6. The van der Waals surface area contributed by atoms with Crippen LogP contribution in [0.5, 0.6) is 5.75 Å². The van der Waals surface area contributed by atoms with E-state index < -0.39 is 0 Å². The van der Waals surface area contributed by atoms with Crippen LogP contribution in [0.4, 0.5) is 0 Å². The van der Waals surface area contributed by atoms with Crippen molar-refractivity contribution in [1.82, 2.24) is 20.4 Å². The van der Waals surface area contributed by atoms with Crippen molar-refractivity contribution < 1.29 is 14.1 Å². The molecule has 7 nitrogen and oxygen atoms in total. The molecule has 174 valence electrons. The van der Waals surface area contributed by atoms with Gasteiger partial charge in [0, 0.05) is 22.5 Å². The highest BCUT2D eigenvalue weighted by Gasteiger charge is 2.26. The number of carbonyl (C=O) groups excluding carboxylic acids is 1. The minimum Gasteiger partial charge on any atom is -0.491 e. The van der Waals surface area contributed by atoms with Crippen molar-refractivity contribution in [2.45, 2.75) is 45.9 Å². The molecule has 1 amide bonds. The smallest absolute Gasteiger partial charge is 0.241 e. The standard InChI is InChI=1S/C25H29BrN4O3/c1-17(2)32-22-5-3-4-18(14-22)15-27-25(31)20-10-12-30(13-11-20)16-23-28-24(29-33-23)19-6-8-21(26)9-7-19/h3-9,14,17,20H,10-13,15-16H2,1-2H3,(H,27,31). The van der Waals surface area contributed by atoms with Crippen LogP contribution in [0.1, 0.15) is 38.1 Å². The van der Waals surface area contributed by atoms with Crippen LogP contribution in [0.2, 0.25) is 0 Å². The van der Waals surface area contributed by atoms with Crippen LogP contribution >= 0.6 is 15.9 Å². The molecule has 2 heterocycles. The summed E-state index contributed by atoms with van der Waals surface area (Å²) in [5.74, 6) is 2.15. The van der Waals surface area contributed by atoms with Crippen molar-refractivity contribution in [3.63, 3.8) is 0 Å². The summed E-state index contributed by atoms with van der Waals surface area (Å²) in [6, 6.07) is 15.7. The number of piperidine rings is 1. The topological polar surface area (TPSA) is 80.5 Å². The molecule has 0 radical (unpaired) electrons. The molecule has 0 aliphatic carbocycles. The molecule has 8 heteroatoms. The van der Waals surface area contributed by atoms with E-state index >= 15 is 0 Å². The van der Waals surface area contributed by atoms with Crippen LogP contribution in [0.25, 0.3) is 11.4 Å². The van der Waals surface area contributed by atoms with Crippen LogP contribution < -0.4 is 10.1 Å². The molecule has 0 unspecified atom stereocenters. The predicted octanol–water partition coefficient (Wildman–Crippen LogP) is 4.81. The summed E-state index contributed by atoms with van der Waals surface area (Å²) in [5.41, 5.74) is 1.96. The maximum Gasteiger partial charge on any atom is 0.241 e. The molecule has 0 spiro atoms. The largest absolute Gasteiger partial charge is 0.491 e. The zero-order valence-electron chi connectivity index (χ0n) is 19.0. The highest BCUT2D eigenvalue weighted by Crippen LogP contribution is 2.22. The first-order chi connectivity index (χ1) is 16.0. The van der Waals surface area contributed by atoms with Gasteiger partial charge in [0.25, 0.3) is 0 Å². The molecule has 0 saturated carbocycles. The Morgan fingerprint density at radius 1 is 1.21 bits per heavy atom. The second-order valence-corrected chi connectivity index (χ2v) is 9.52. The first kappa shape index (κ1) is 23.4. The summed E-state index contributed by atoms with van der Waals surface area (Å²) in [5, 5.41) is 7.18. The second kappa shape index (κ2) is 10.9. The minimum absolute atomic E-state index is 0.0253. The third kappa shape index (κ3) is 6.65. The van der Waals surface area contributed by atoms with Gasteiger partial charge in [-0.25, -0.2) is 0 Å². The first-order valence-corrected chi connectivity index (χ1v) is 12.1. The molecule has 1 N–H and O–H groups in total. The van der Waals surface area contributed by atoms with Gasteiger partial charge in [0.05, 0.1) is 12.6 Å². The lowest BCUT2D eigenvalue weighted by molar-refractivity contribution is -0.126. The third-order valence-electron chi connectivity index (χ3n) is 5.62. The number of likely N-dealkylation sites (tertiary alicyclic amines) is 1. The number of halogens is 1. The fourth-order valence-corrected chi connectivity index (χ4v) is 4.18. The number of nitrogens with one attached hydrogen (secondary N) is 1. The molecule has 4 rings (SSSR count). The summed E-state index contributed by atoms with van der Waals surface area (Å²) in [6.45, 7) is 6.76. The first-order valence-electron chi connectivity index (χ1n) is 11.3. The van der Waals surface area contributed by atoms with Gasteiger partial charge < -0.3 is 14.6 Å². The maximum atomic E-state index is 12.7. The fraction of sp³-hybridized carbons (Fsp3) is 0.400. The molecule has 1 aliphatic rings. The molecule has 1 aromatic heterocycles. The lowest BCUT2D eigenvalue weighted by Gasteiger charge is -2.30. The quantitative estimate of drug-likeness (QED) is 0.466. The molecule has 0 atom stereocenters. The van der Waals surface area contributed by atoms with E-state index in [2.05, 4.69) is 36.3 Å². The van der Waals surface area contributed by atoms with Crippen molar-refractivity contribution in [3.05, 3.63) is 64.5 Å². The maximum absolute atomic E-state index is 12.7. The van der Waals surface area contributed by atoms with Crippen molar-refractivity contribution in [3.8, 4) is 17.1 Å². The summed E-state index contributed by atoms with van der Waals surface area (Å²) in [6.07, 6.45) is 1.76. The van der Waals surface area contributed by atoms with Gasteiger partial charge in [0.15, 0.2) is 0 Å². The van der Waals surface area contributed by atoms with Crippen molar-refractivity contribution in [2.24, 2.45) is 5.92 Å². The van der Waals surface area contributed by atoms with E-state index in [1.54, 1.807) is 0 Å². The number of amides is 1. The van der Waals surface area contributed by atoms with Crippen LogP contribution in [-0.2, 0) is 17.9 Å². The summed E-state index contributed by atoms with van der Waals surface area (Å²) in [7, 11) is 0. The zero-order chi connectivity index (χ0) is 23.2. The number of carbonyl (C=O) groups is 1. The van der Waals surface area contributed by atoms with Crippen LogP contribution in [0.3, 0.4) is 0 Å². The van der Waals surface area contributed by atoms with E-state index in [1.165, 1.54) is 0 Å². The van der Waals surface area contributed by atoms with Gasteiger partial charge in [-0.3, -0.25) is 9.69 Å². The van der Waals surface area contributed by atoms with Gasteiger partial charge in [-0.15, -0.1) is 0 Å². The number of rotatable bonds is 8. The van der Waals surface area contributed by atoms with E-state index in [4.69, 9.17) is 9.26 Å². The molecular formula is C25H29BrN4O3. The predicted molar refractivity (Wildman–Crippen MR) is 129 cm³/mol. The van der Waals surface area contributed by atoms with Gasteiger partial charge in [0.1, 0.15) is 5.75 Å². The van der Waals surface area contributed by atoms with Gasteiger partial charge in [0.2, 0.25) is 17.6 Å². The average molecular weight is 513 g/mol. The monoisotopic (exact) mass is 512 g/mol. The lowest BCUT2D eigenvalue weighted by atomic mass is 9.96. The molecule has 1 fully saturated rings. The van der Waals surface area contributed by atoms with Crippen LogP contribution in [0, 0.1) is 5.92 Å². The average Bonchev–Trinajstić information content (AvgIpc) is 3.27. The normalized spacial score (nSPS) is 15.0. The Bertz CT molecular complexity index is 1060. The van der Waals surface area contributed by atoms with E-state index in [0.717, 1.165) is 47.3 Å². The molecule has 33 heavy (non-hydrogen) atoms. The highest BCUT2D eigenvalue weighted by atomic mass is 79.9. The van der Waals surface area contributed by atoms with Gasteiger partial charge in [-0.05, 0) is 81.7 Å². The van der Waals surface area contributed by atoms with Gasteiger partial charge >= 0.3 is 0 Å². The summed E-state index contributed by atoms with van der Waals surface area (Å²) in [4.78, 5) is 19.5. The number of hydrogen-bond donors (Lipinski definition) is 1. The lowest BCUT2D eigenvalue weighted by Crippen LogP contribution is -2.40. The molecule has 3 aromatic rings. The van der Waals surface area contributed by atoms with Crippen molar-refractivity contribution in [1.29, 1.82) is 0 Å². The van der Waals surface area contributed by atoms with Gasteiger partial charge in [-0.2, -0.15) is 4.98 Å². The Hall–Kier alpha value is -2.71. The molecular weight excluding hydrogens is 484 g/mol. The zero-order valence-corrected chi connectivity index (χ0v) is 20.5. The fourth-order valence-electron chi connectivity index (χ4n) is 3.91. The molecule has 1 saturated heterocycles. The highest BCUT2D eigenvalue weighted by molar-refractivity contribution is 9.10. The van der Waals surface area contributed by atoms with E-state index in [1.807, 2.05) is 62.4 Å². The van der Waals surface area contributed by atoms with Crippen LogP contribution in [0.15, 0.2) is 57.5 Å². The van der Waals surface area contributed by atoms with Crippen molar-refractivity contribution >= 4 is 21.8 Å². The second-order valence-electron chi connectivity index (χ2n) is 8.60. The van der Waals surface area contributed by atoms with E-state index in [9.17, 15) is 4.79 Å². The molecule has 1 aliphatic heterocycles. The minimum atomic E-state index is 0.0253. The van der Waals surface area contributed by atoms with Crippen molar-refractivity contribution in [2.75, 3.05) is 13.1 Å². The third-order valence-corrected chi connectivity index (χ3v) is 6.15. The Labute approximate surface area is 202 Å². The number of benzene rings is 2.